The summed E-state index contributed by atoms with van der Waals surface area (Å²) in [7, 11) is 0. The maximum Gasteiger partial charge on any atom is 0.159 e. The smallest absolute Gasteiger partial charge is 0.159 e. The van der Waals surface area contributed by atoms with E-state index in [1.807, 2.05) is 18.3 Å². The number of aromatic nitrogens is 5. The van der Waals surface area contributed by atoms with Gasteiger partial charge >= 0.3 is 0 Å². The van der Waals surface area contributed by atoms with Crippen LogP contribution in [0.5, 0.6) is 0 Å². The summed E-state index contributed by atoms with van der Waals surface area (Å²) in [5.41, 5.74) is 11.5. The number of hydrogen-bond acceptors (Lipinski definition) is 5. The standard InChI is InChI=1S/C47H31N5/c1-2-35-40(47-49-25-6-26-50-47)19-16-29-10-14-33(27-41(29)35)34-15-11-30-17-22-42(51-44(30)28-34)38-20-21-39(37-9-4-3-8-36(37)38)43-23-18-32-13-12-31-7-5-24-48-45(31)46(32)52-43/h3-28H,2H2,1H3. The summed E-state index contributed by atoms with van der Waals surface area (Å²) >= 11 is 0. The molecule has 0 aliphatic heterocycles. The van der Waals surface area contributed by atoms with Gasteiger partial charge in [-0.15, -0.1) is 0 Å². The molecular formula is C47H31N5. The normalized spacial score (nSPS) is 11.6. The Hall–Kier alpha value is -6.85. The highest BCUT2D eigenvalue weighted by molar-refractivity contribution is 6.07. The summed E-state index contributed by atoms with van der Waals surface area (Å²) in [4.78, 5) is 24.2. The fourth-order valence-electron chi connectivity index (χ4n) is 7.66. The van der Waals surface area contributed by atoms with Crippen LogP contribution in [0.25, 0.3) is 99.3 Å². The number of fused-ring (bicyclic) bond motifs is 6. The summed E-state index contributed by atoms with van der Waals surface area (Å²) in [5.74, 6) is 0.758. The van der Waals surface area contributed by atoms with E-state index in [-0.39, 0.29) is 0 Å². The van der Waals surface area contributed by atoms with Crippen LogP contribution >= 0.6 is 0 Å². The van der Waals surface area contributed by atoms with E-state index in [0.29, 0.717) is 0 Å². The first-order valence-electron chi connectivity index (χ1n) is 17.6. The molecule has 10 aromatic rings. The zero-order valence-electron chi connectivity index (χ0n) is 28.5. The fraction of sp³-hybridized carbons (Fsp3) is 0.0426. The van der Waals surface area contributed by atoms with Gasteiger partial charge in [0, 0.05) is 51.4 Å². The molecule has 0 amide bonds. The zero-order valence-corrected chi connectivity index (χ0v) is 28.5. The maximum atomic E-state index is 5.27. The second-order valence-corrected chi connectivity index (χ2v) is 13.2. The quantitative estimate of drug-likeness (QED) is 0.171. The molecule has 0 unspecified atom stereocenters. The summed E-state index contributed by atoms with van der Waals surface area (Å²) in [5, 5.41) is 7.98. The van der Waals surface area contributed by atoms with Gasteiger partial charge in [-0.2, -0.15) is 0 Å². The van der Waals surface area contributed by atoms with Crippen LogP contribution in [-0.2, 0) is 6.42 Å². The van der Waals surface area contributed by atoms with Gasteiger partial charge in [-0.1, -0.05) is 110 Å². The second kappa shape index (κ2) is 12.2. The lowest BCUT2D eigenvalue weighted by molar-refractivity contribution is 1.12. The molecule has 0 spiro atoms. The molecule has 0 saturated heterocycles. The minimum absolute atomic E-state index is 0.758. The Balaban J connectivity index is 1.07. The number of benzene rings is 6. The van der Waals surface area contributed by atoms with Crippen molar-refractivity contribution in [2.45, 2.75) is 13.3 Å². The SMILES string of the molecule is CCc1c(-c2ncccn2)ccc2ccc(-c3ccc4ccc(-c5ccc(-c6ccc7ccc8cccnc8c7n6)c6ccccc56)nc4c3)cc12. The largest absolute Gasteiger partial charge is 0.254 e. The van der Waals surface area contributed by atoms with E-state index < -0.39 is 0 Å². The molecule has 0 atom stereocenters. The molecule has 0 fully saturated rings. The number of pyridine rings is 3. The molecule has 0 aliphatic rings. The minimum atomic E-state index is 0.758. The lowest BCUT2D eigenvalue weighted by Gasteiger charge is -2.14. The third kappa shape index (κ3) is 4.97. The summed E-state index contributed by atoms with van der Waals surface area (Å²) < 4.78 is 0. The first-order valence-corrected chi connectivity index (χ1v) is 17.6. The molecule has 52 heavy (non-hydrogen) atoms. The Labute approximate surface area is 300 Å². The van der Waals surface area contributed by atoms with Crippen LogP contribution in [0.4, 0.5) is 0 Å². The molecule has 10 rings (SSSR count). The molecule has 0 bridgehead atoms. The van der Waals surface area contributed by atoms with Crippen LogP contribution in [0.15, 0.2) is 158 Å². The zero-order chi connectivity index (χ0) is 34.6. The fourth-order valence-corrected chi connectivity index (χ4v) is 7.66. The van der Waals surface area contributed by atoms with E-state index in [2.05, 4.69) is 149 Å². The highest BCUT2D eigenvalue weighted by Gasteiger charge is 2.15. The van der Waals surface area contributed by atoms with Crippen LogP contribution in [0.3, 0.4) is 0 Å². The Bertz CT molecular complexity index is 3010. The van der Waals surface area contributed by atoms with Crippen molar-refractivity contribution in [1.29, 1.82) is 0 Å². The molecule has 244 valence electrons. The van der Waals surface area contributed by atoms with E-state index in [4.69, 9.17) is 9.97 Å². The van der Waals surface area contributed by atoms with Gasteiger partial charge in [0.15, 0.2) is 5.82 Å². The predicted molar refractivity (Wildman–Crippen MR) is 214 cm³/mol. The lowest BCUT2D eigenvalue weighted by Crippen LogP contribution is -1.95. The van der Waals surface area contributed by atoms with Crippen molar-refractivity contribution in [3.05, 3.63) is 164 Å². The molecular weight excluding hydrogens is 635 g/mol. The van der Waals surface area contributed by atoms with Crippen molar-refractivity contribution in [3.8, 4) is 45.0 Å². The average molecular weight is 666 g/mol. The second-order valence-electron chi connectivity index (χ2n) is 13.2. The molecule has 0 saturated carbocycles. The van der Waals surface area contributed by atoms with Gasteiger partial charge in [-0.25, -0.2) is 19.9 Å². The monoisotopic (exact) mass is 665 g/mol. The molecule has 5 nitrogen and oxygen atoms in total. The van der Waals surface area contributed by atoms with E-state index in [0.717, 1.165) is 94.9 Å². The van der Waals surface area contributed by atoms with Gasteiger partial charge in [0.1, 0.15) is 0 Å². The van der Waals surface area contributed by atoms with E-state index in [9.17, 15) is 0 Å². The van der Waals surface area contributed by atoms with Crippen molar-refractivity contribution >= 4 is 54.3 Å². The number of hydrogen-bond donors (Lipinski definition) is 0. The van der Waals surface area contributed by atoms with Crippen molar-refractivity contribution in [3.63, 3.8) is 0 Å². The van der Waals surface area contributed by atoms with Gasteiger partial charge in [0.25, 0.3) is 0 Å². The molecule has 4 heterocycles. The van der Waals surface area contributed by atoms with Crippen LogP contribution < -0.4 is 0 Å². The van der Waals surface area contributed by atoms with Crippen LogP contribution in [-0.4, -0.2) is 24.9 Å². The van der Waals surface area contributed by atoms with Crippen LogP contribution in [0.2, 0.25) is 0 Å². The first kappa shape index (κ1) is 30.0. The summed E-state index contributed by atoms with van der Waals surface area (Å²) in [6, 6.07) is 49.2. The van der Waals surface area contributed by atoms with Gasteiger partial charge in [-0.3, -0.25) is 4.98 Å². The molecule has 0 radical (unpaired) electrons. The number of aryl methyl sites for hydroxylation is 1. The number of nitrogens with zero attached hydrogens (tertiary/aromatic N) is 5. The summed E-state index contributed by atoms with van der Waals surface area (Å²) in [6.07, 6.45) is 6.32. The Morgan fingerprint density at radius 3 is 1.79 bits per heavy atom. The molecule has 0 aliphatic carbocycles. The van der Waals surface area contributed by atoms with E-state index in [1.54, 1.807) is 12.4 Å². The highest BCUT2D eigenvalue weighted by atomic mass is 14.9. The van der Waals surface area contributed by atoms with Gasteiger partial charge in [-0.05, 0) is 81.1 Å². The Morgan fingerprint density at radius 1 is 0.423 bits per heavy atom. The third-order valence-electron chi connectivity index (χ3n) is 10.2. The topological polar surface area (TPSA) is 64.5 Å². The lowest BCUT2D eigenvalue weighted by atomic mass is 9.93. The van der Waals surface area contributed by atoms with Crippen molar-refractivity contribution in [2.75, 3.05) is 0 Å². The van der Waals surface area contributed by atoms with Gasteiger partial charge in [0.05, 0.1) is 27.9 Å². The van der Waals surface area contributed by atoms with Crippen molar-refractivity contribution in [1.82, 2.24) is 24.9 Å². The minimum Gasteiger partial charge on any atom is -0.254 e. The van der Waals surface area contributed by atoms with Crippen molar-refractivity contribution in [2.24, 2.45) is 0 Å². The first-order chi connectivity index (χ1) is 25.7. The average Bonchev–Trinajstić information content (AvgIpc) is 3.22. The molecule has 6 aromatic carbocycles. The molecule has 5 heteroatoms. The Kier molecular flexibility index (Phi) is 7.03. The molecule has 0 N–H and O–H groups in total. The van der Waals surface area contributed by atoms with E-state index in [1.165, 1.54) is 16.3 Å². The number of rotatable bonds is 5. The predicted octanol–water partition coefficient (Wildman–Crippen LogP) is 11.7. The highest BCUT2D eigenvalue weighted by Crippen LogP contribution is 2.37. The third-order valence-corrected chi connectivity index (χ3v) is 10.2. The van der Waals surface area contributed by atoms with Gasteiger partial charge < -0.3 is 0 Å². The maximum absolute atomic E-state index is 5.27. The molecule has 4 aromatic heterocycles. The summed E-state index contributed by atoms with van der Waals surface area (Å²) in [6.45, 7) is 2.20. The van der Waals surface area contributed by atoms with E-state index >= 15 is 0 Å². The van der Waals surface area contributed by atoms with Crippen molar-refractivity contribution < 1.29 is 0 Å². The van der Waals surface area contributed by atoms with Crippen LogP contribution in [0, 0.1) is 0 Å². The Morgan fingerprint density at radius 2 is 1.02 bits per heavy atom. The van der Waals surface area contributed by atoms with Crippen LogP contribution in [0.1, 0.15) is 12.5 Å². The van der Waals surface area contributed by atoms with Gasteiger partial charge in [0.2, 0.25) is 0 Å².